The molecule has 0 aliphatic heterocycles. The lowest BCUT2D eigenvalue weighted by Crippen LogP contribution is -2.44. The molecule has 0 N–H and O–H groups in total. The molecule has 1 fully saturated rings. The molecule has 0 unspecified atom stereocenters. The van der Waals surface area contributed by atoms with E-state index < -0.39 is 7.41 Å². The van der Waals surface area contributed by atoms with Gasteiger partial charge in [0.2, 0.25) is 0 Å². The third-order valence-corrected chi connectivity index (χ3v) is 9.58. The van der Waals surface area contributed by atoms with Crippen LogP contribution in [0.4, 0.5) is 0 Å². The maximum Gasteiger partial charge on any atom is 0.181 e. The fourth-order valence-electron chi connectivity index (χ4n) is 3.91. The number of benzene rings is 3. The Morgan fingerprint density at radius 1 is 0.680 bits per heavy atom. The van der Waals surface area contributed by atoms with Crippen LogP contribution in [0.15, 0.2) is 91.0 Å². The Morgan fingerprint density at radius 3 is 1.32 bits per heavy atom. The summed E-state index contributed by atoms with van der Waals surface area (Å²) in [5.74, 6) is 0. The third-order valence-electron chi connectivity index (χ3n) is 5.07. The first-order valence-corrected chi connectivity index (χ1v) is 10.9. The molecule has 1 saturated carbocycles. The van der Waals surface area contributed by atoms with Crippen molar-refractivity contribution in [2.75, 3.05) is 6.54 Å². The Morgan fingerprint density at radius 2 is 1.04 bits per heavy atom. The molecular formula is C23H25NP+. The van der Waals surface area contributed by atoms with Crippen LogP contribution in [-0.4, -0.2) is 17.3 Å². The topological polar surface area (TPSA) is 3.24 Å². The second kappa shape index (κ2) is 7.12. The van der Waals surface area contributed by atoms with Crippen molar-refractivity contribution in [2.45, 2.75) is 25.8 Å². The molecule has 1 aliphatic carbocycles. The molecule has 126 valence electrons. The van der Waals surface area contributed by atoms with Crippen molar-refractivity contribution in [1.29, 1.82) is 0 Å². The van der Waals surface area contributed by atoms with Crippen molar-refractivity contribution in [2.24, 2.45) is 0 Å². The molecule has 25 heavy (non-hydrogen) atoms. The van der Waals surface area contributed by atoms with Crippen LogP contribution in [0, 0.1) is 0 Å². The number of nitrogens with zero attached hydrogens (tertiary/aromatic N) is 1. The highest BCUT2D eigenvalue weighted by Gasteiger charge is 2.55. The molecular weight excluding hydrogens is 321 g/mol. The normalized spacial score (nSPS) is 14.6. The van der Waals surface area contributed by atoms with E-state index in [-0.39, 0.29) is 0 Å². The smallest absolute Gasteiger partial charge is 0.163 e. The Labute approximate surface area is 151 Å². The lowest BCUT2D eigenvalue weighted by molar-refractivity contribution is 0.473. The summed E-state index contributed by atoms with van der Waals surface area (Å²) in [6.07, 6.45) is 2.64. The molecule has 1 aliphatic rings. The fraction of sp³-hybridized carbons (Fsp3) is 0.217. The van der Waals surface area contributed by atoms with Gasteiger partial charge in [0.25, 0.3) is 0 Å². The molecule has 0 atom stereocenters. The summed E-state index contributed by atoms with van der Waals surface area (Å²) in [4.78, 5) is 0. The van der Waals surface area contributed by atoms with E-state index in [4.69, 9.17) is 0 Å². The quantitative estimate of drug-likeness (QED) is 0.599. The van der Waals surface area contributed by atoms with Crippen LogP contribution >= 0.6 is 7.41 Å². The first-order valence-electron chi connectivity index (χ1n) is 9.20. The van der Waals surface area contributed by atoms with Crippen molar-refractivity contribution < 1.29 is 0 Å². The molecule has 2 heteroatoms. The van der Waals surface area contributed by atoms with Gasteiger partial charge in [-0.2, -0.15) is 4.67 Å². The van der Waals surface area contributed by atoms with Gasteiger partial charge in [-0.05, 0) is 56.2 Å². The van der Waals surface area contributed by atoms with Gasteiger partial charge >= 0.3 is 0 Å². The van der Waals surface area contributed by atoms with E-state index in [1.165, 1.54) is 28.8 Å². The van der Waals surface area contributed by atoms with Crippen molar-refractivity contribution in [1.82, 2.24) is 4.67 Å². The predicted octanol–water partition coefficient (Wildman–Crippen LogP) is 4.38. The van der Waals surface area contributed by atoms with Crippen molar-refractivity contribution in [3.63, 3.8) is 0 Å². The summed E-state index contributed by atoms with van der Waals surface area (Å²) in [7, 11) is -1.82. The van der Waals surface area contributed by atoms with Crippen molar-refractivity contribution in [3.05, 3.63) is 91.0 Å². The first kappa shape index (κ1) is 16.5. The molecule has 0 saturated heterocycles. The number of hydrogen-bond donors (Lipinski definition) is 0. The van der Waals surface area contributed by atoms with Gasteiger partial charge in [-0.25, -0.2) is 0 Å². The van der Waals surface area contributed by atoms with E-state index >= 15 is 0 Å². The summed E-state index contributed by atoms with van der Waals surface area (Å²) in [5.41, 5.74) is 0. The zero-order chi connectivity index (χ0) is 17.1. The van der Waals surface area contributed by atoms with Gasteiger partial charge in [0, 0.05) is 12.6 Å². The fourth-order valence-corrected chi connectivity index (χ4v) is 8.65. The van der Waals surface area contributed by atoms with Gasteiger partial charge in [0.05, 0.1) is 0 Å². The average molecular weight is 346 g/mol. The van der Waals surface area contributed by atoms with Gasteiger partial charge in [-0.15, -0.1) is 0 Å². The Balaban J connectivity index is 2.04. The van der Waals surface area contributed by atoms with Gasteiger partial charge in [0.1, 0.15) is 15.9 Å². The van der Waals surface area contributed by atoms with E-state index in [0.29, 0.717) is 6.04 Å². The Bertz CT molecular complexity index is 701. The van der Waals surface area contributed by atoms with Gasteiger partial charge in [0.15, 0.2) is 7.41 Å². The van der Waals surface area contributed by atoms with E-state index in [2.05, 4.69) is 103 Å². The molecule has 0 heterocycles. The SMILES string of the molecule is CCN(C1CC1)[P+](c1ccccc1)(c1ccccc1)c1ccccc1. The highest BCUT2D eigenvalue weighted by atomic mass is 31.2. The van der Waals surface area contributed by atoms with Crippen LogP contribution in [0.5, 0.6) is 0 Å². The predicted molar refractivity (Wildman–Crippen MR) is 111 cm³/mol. The molecule has 3 aromatic rings. The summed E-state index contributed by atoms with van der Waals surface area (Å²) in [5, 5.41) is 4.38. The van der Waals surface area contributed by atoms with Crippen molar-refractivity contribution >= 4 is 23.3 Å². The minimum Gasteiger partial charge on any atom is -0.163 e. The van der Waals surface area contributed by atoms with Crippen LogP contribution in [0.25, 0.3) is 0 Å². The van der Waals surface area contributed by atoms with Crippen LogP contribution < -0.4 is 15.9 Å². The molecule has 3 aromatic carbocycles. The van der Waals surface area contributed by atoms with Gasteiger partial charge < -0.3 is 0 Å². The van der Waals surface area contributed by atoms with Crippen LogP contribution in [0.1, 0.15) is 19.8 Å². The lowest BCUT2D eigenvalue weighted by Gasteiger charge is -2.36. The Kier molecular flexibility index (Phi) is 4.70. The number of hydrogen-bond acceptors (Lipinski definition) is 1. The van der Waals surface area contributed by atoms with E-state index in [1.807, 2.05) is 0 Å². The van der Waals surface area contributed by atoms with Crippen LogP contribution in [0.3, 0.4) is 0 Å². The minimum absolute atomic E-state index is 0.707. The summed E-state index contributed by atoms with van der Waals surface area (Å²) >= 11 is 0. The van der Waals surface area contributed by atoms with Gasteiger partial charge in [-0.1, -0.05) is 54.6 Å². The molecule has 0 spiro atoms. The zero-order valence-corrected chi connectivity index (χ0v) is 15.6. The second-order valence-electron chi connectivity index (χ2n) is 6.63. The summed E-state index contributed by atoms with van der Waals surface area (Å²) in [6.45, 7) is 3.40. The van der Waals surface area contributed by atoms with Gasteiger partial charge in [-0.3, -0.25) is 0 Å². The summed E-state index contributed by atoms with van der Waals surface area (Å²) < 4.78 is 2.81. The molecule has 0 bridgehead atoms. The second-order valence-corrected chi connectivity index (χ2v) is 9.96. The minimum atomic E-state index is -1.82. The van der Waals surface area contributed by atoms with E-state index in [1.54, 1.807) is 0 Å². The highest BCUT2D eigenvalue weighted by molar-refractivity contribution is 7.93. The molecule has 0 amide bonds. The first-order chi connectivity index (χ1) is 12.4. The lowest BCUT2D eigenvalue weighted by atomic mass is 10.4. The van der Waals surface area contributed by atoms with E-state index in [0.717, 1.165) is 6.54 Å². The van der Waals surface area contributed by atoms with Crippen LogP contribution in [-0.2, 0) is 0 Å². The van der Waals surface area contributed by atoms with Crippen molar-refractivity contribution in [3.8, 4) is 0 Å². The molecule has 0 radical (unpaired) electrons. The largest absolute Gasteiger partial charge is 0.181 e. The van der Waals surface area contributed by atoms with E-state index in [9.17, 15) is 0 Å². The highest BCUT2D eigenvalue weighted by Crippen LogP contribution is 2.62. The number of rotatable bonds is 6. The monoisotopic (exact) mass is 346 g/mol. The molecule has 4 rings (SSSR count). The Hall–Kier alpha value is -1.95. The maximum atomic E-state index is 2.81. The average Bonchev–Trinajstić information content (AvgIpc) is 3.53. The molecule has 0 aromatic heterocycles. The zero-order valence-electron chi connectivity index (χ0n) is 14.8. The standard InChI is InChI=1S/C23H25NP/c1-2-24(20-18-19-20)25(21-12-6-3-7-13-21,22-14-8-4-9-15-22)23-16-10-5-11-17-23/h3-17,20H,2,18-19H2,1H3/q+1. The maximum absolute atomic E-state index is 2.81. The van der Waals surface area contributed by atoms with Crippen LogP contribution in [0.2, 0.25) is 0 Å². The third kappa shape index (κ3) is 2.92. The summed E-state index contributed by atoms with van der Waals surface area (Å²) in [6, 6.07) is 34.2. The molecule has 1 nitrogen and oxygen atoms in total.